The highest BCUT2D eigenvalue weighted by molar-refractivity contribution is 7.99. The van der Waals surface area contributed by atoms with Gasteiger partial charge in [-0.05, 0) is 23.1 Å². The number of benzene rings is 1. The highest BCUT2D eigenvalue weighted by Gasteiger charge is 2.13. The molecule has 0 fully saturated rings. The van der Waals surface area contributed by atoms with E-state index in [4.69, 9.17) is 10.5 Å². The molecule has 96 valence electrons. The van der Waals surface area contributed by atoms with Crippen LogP contribution in [0, 0.1) is 0 Å². The standard InChI is InChI=1S/C14H23NOS/c1-14(2,3)11-5-7-13(8-6-11)17-10-12(15)9-16-4/h5-8,12H,9-10,15H2,1-4H3. The second-order valence-corrected chi connectivity index (χ2v) is 6.39. The lowest BCUT2D eigenvalue weighted by Crippen LogP contribution is -2.28. The summed E-state index contributed by atoms with van der Waals surface area (Å²) in [7, 11) is 1.68. The summed E-state index contributed by atoms with van der Waals surface area (Å²) in [4.78, 5) is 1.27. The molecule has 0 radical (unpaired) electrons. The molecule has 0 saturated heterocycles. The van der Waals surface area contributed by atoms with Crippen LogP contribution < -0.4 is 5.73 Å². The molecule has 0 heterocycles. The first-order valence-electron chi connectivity index (χ1n) is 5.91. The van der Waals surface area contributed by atoms with Gasteiger partial charge in [-0.2, -0.15) is 0 Å². The van der Waals surface area contributed by atoms with Crippen LogP contribution in [0.25, 0.3) is 0 Å². The van der Waals surface area contributed by atoms with Crippen LogP contribution in [0.3, 0.4) is 0 Å². The summed E-state index contributed by atoms with van der Waals surface area (Å²) in [6.45, 7) is 7.30. The summed E-state index contributed by atoms with van der Waals surface area (Å²) in [6.07, 6.45) is 0. The van der Waals surface area contributed by atoms with Crippen molar-refractivity contribution in [2.24, 2.45) is 5.73 Å². The molecule has 3 heteroatoms. The van der Waals surface area contributed by atoms with Gasteiger partial charge in [0.25, 0.3) is 0 Å². The quantitative estimate of drug-likeness (QED) is 0.819. The van der Waals surface area contributed by atoms with E-state index >= 15 is 0 Å². The minimum Gasteiger partial charge on any atom is -0.383 e. The molecule has 0 spiro atoms. The lowest BCUT2D eigenvalue weighted by atomic mass is 9.87. The molecular weight excluding hydrogens is 230 g/mol. The Morgan fingerprint density at radius 3 is 2.29 bits per heavy atom. The number of nitrogens with two attached hydrogens (primary N) is 1. The highest BCUT2D eigenvalue weighted by atomic mass is 32.2. The highest BCUT2D eigenvalue weighted by Crippen LogP contribution is 2.25. The molecule has 0 bridgehead atoms. The molecule has 0 aliphatic rings. The van der Waals surface area contributed by atoms with E-state index in [0.29, 0.717) is 6.61 Å². The van der Waals surface area contributed by atoms with Gasteiger partial charge < -0.3 is 10.5 Å². The first kappa shape index (κ1) is 14.6. The number of hydrogen-bond donors (Lipinski definition) is 1. The molecule has 1 aromatic rings. The van der Waals surface area contributed by atoms with Crippen LogP contribution in [-0.4, -0.2) is 25.5 Å². The Morgan fingerprint density at radius 1 is 1.24 bits per heavy atom. The molecule has 1 aromatic carbocycles. The average Bonchev–Trinajstić information content (AvgIpc) is 2.26. The van der Waals surface area contributed by atoms with Gasteiger partial charge in [-0.3, -0.25) is 0 Å². The van der Waals surface area contributed by atoms with Crippen LogP contribution in [0.5, 0.6) is 0 Å². The molecule has 17 heavy (non-hydrogen) atoms. The predicted octanol–water partition coefficient (Wildman–Crippen LogP) is 3.05. The Morgan fingerprint density at radius 2 is 1.82 bits per heavy atom. The van der Waals surface area contributed by atoms with Crippen molar-refractivity contribution in [2.45, 2.75) is 37.1 Å². The van der Waals surface area contributed by atoms with E-state index in [-0.39, 0.29) is 11.5 Å². The molecule has 0 aromatic heterocycles. The van der Waals surface area contributed by atoms with Crippen molar-refractivity contribution >= 4 is 11.8 Å². The molecule has 1 atom stereocenters. The third-order valence-corrected chi connectivity index (χ3v) is 3.77. The van der Waals surface area contributed by atoms with Crippen LogP contribution >= 0.6 is 11.8 Å². The van der Waals surface area contributed by atoms with E-state index in [0.717, 1.165) is 5.75 Å². The Kier molecular flexibility index (Phi) is 5.50. The molecule has 0 amide bonds. The summed E-state index contributed by atoms with van der Waals surface area (Å²) >= 11 is 1.78. The fraction of sp³-hybridized carbons (Fsp3) is 0.571. The smallest absolute Gasteiger partial charge is 0.0621 e. The molecule has 1 rings (SSSR count). The monoisotopic (exact) mass is 253 g/mol. The van der Waals surface area contributed by atoms with Gasteiger partial charge in [0, 0.05) is 23.8 Å². The van der Waals surface area contributed by atoms with Gasteiger partial charge in [0.15, 0.2) is 0 Å². The van der Waals surface area contributed by atoms with E-state index < -0.39 is 0 Å². The minimum atomic E-state index is 0.104. The molecule has 2 N–H and O–H groups in total. The maximum atomic E-state index is 5.89. The van der Waals surface area contributed by atoms with Gasteiger partial charge in [-0.15, -0.1) is 11.8 Å². The Labute approximate surface area is 109 Å². The van der Waals surface area contributed by atoms with Gasteiger partial charge in [-0.25, -0.2) is 0 Å². The normalized spacial score (nSPS) is 13.7. The molecular formula is C14H23NOS. The zero-order valence-electron chi connectivity index (χ0n) is 11.2. The van der Waals surface area contributed by atoms with Gasteiger partial charge in [-0.1, -0.05) is 32.9 Å². The number of hydrogen-bond acceptors (Lipinski definition) is 3. The van der Waals surface area contributed by atoms with E-state index in [1.807, 2.05) is 0 Å². The van der Waals surface area contributed by atoms with Crippen LogP contribution in [0.1, 0.15) is 26.3 Å². The van der Waals surface area contributed by atoms with Crippen LogP contribution in [0.2, 0.25) is 0 Å². The van der Waals surface area contributed by atoms with Crippen molar-refractivity contribution < 1.29 is 4.74 Å². The Balaban J connectivity index is 2.51. The van der Waals surface area contributed by atoms with Crippen molar-refractivity contribution in [3.05, 3.63) is 29.8 Å². The van der Waals surface area contributed by atoms with E-state index in [1.54, 1.807) is 18.9 Å². The second kappa shape index (κ2) is 6.43. The first-order chi connectivity index (χ1) is 7.93. The van der Waals surface area contributed by atoms with Gasteiger partial charge in [0.05, 0.1) is 6.61 Å². The Hall–Kier alpha value is -0.510. The predicted molar refractivity (Wildman–Crippen MR) is 75.7 cm³/mol. The summed E-state index contributed by atoms with van der Waals surface area (Å²) in [6, 6.07) is 8.84. The number of ether oxygens (including phenoxy) is 1. The zero-order valence-corrected chi connectivity index (χ0v) is 12.0. The van der Waals surface area contributed by atoms with Crippen LogP contribution in [-0.2, 0) is 10.2 Å². The Bertz CT molecular complexity index is 329. The molecule has 0 saturated carbocycles. The summed E-state index contributed by atoms with van der Waals surface area (Å²) in [5.41, 5.74) is 7.47. The number of methoxy groups -OCH3 is 1. The van der Waals surface area contributed by atoms with Gasteiger partial charge >= 0.3 is 0 Å². The van der Waals surface area contributed by atoms with Crippen LogP contribution in [0.4, 0.5) is 0 Å². The largest absolute Gasteiger partial charge is 0.383 e. The third kappa shape index (κ3) is 5.11. The van der Waals surface area contributed by atoms with Crippen molar-refractivity contribution in [3.8, 4) is 0 Å². The van der Waals surface area contributed by atoms with Gasteiger partial charge in [0.1, 0.15) is 0 Å². The third-order valence-electron chi connectivity index (χ3n) is 2.57. The van der Waals surface area contributed by atoms with Crippen LogP contribution in [0.15, 0.2) is 29.2 Å². The van der Waals surface area contributed by atoms with Crippen molar-refractivity contribution in [1.29, 1.82) is 0 Å². The molecule has 1 unspecified atom stereocenters. The second-order valence-electron chi connectivity index (χ2n) is 5.30. The summed E-state index contributed by atoms with van der Waals surface area (Å²) in [5, 5.41) is 0. The van der Waals surface area contributed by atoms with Crippen molar-refractivity contribution in [1.82, 2.24) is 0 Å². The number of thioether (sulfide) groups is 1. The first-order valence-corrected chi connectivity index (χ1v) is 6.90. The van der Waals surface area contributed by atoms with Gasteiger partial charge in [0.2, 0.25) is 0 Å². The minimum absolute atomic E-state index is 0.104. The SMILES string of the molecule is COCC(N)CSc1ccc(C(C)(C)C)cc1. The fourth-order valence-corrected chi connectivity index (χ4v) is 2.35. The summed E-state index contributed by atoms with van der Waals surface area (Å²) < 4.78 is 5.02. The van der Waals surface area contributed by atoms with Crippen molar-refractivity contribution in [3.63, 3.8) is 0 Å². The lowest BCUT2D eigenvalue weighted by molar-refractivity contribution is 0.186. The summed E-state index contributed by atoms with van der Waals surface area (Å²) in [5.74, 6) is 0.892. The van der Waals surface area contributed by atoms with E-state index in [9.17, 15) is 0 Å². The maximum Gasteiger partial charge on any atom is 0.0621 e. The lowest BCUT2D eigenvalue weighted by Gasteiger charge is -2.19. The van der Waals surface area contributed by atoms with E-state index in [1.165, 1.54) is 10.5 Å². The number of rotatable bonds is 5. The molecule has 0 aliphatic heterocycles. The van der Waals surface area contributed by atoms with Crippen molar-refractivity contribution in [2.75, 3.05) is 19.5 Å². The fourth-order valence-electron chi connectivity index (χ4n) is 1.52. The van der Waals surface area contributed by atoms with E-state index in [2.05, 4.69) is 45.0 Å². The average molecular weight is 253 g/mol. The maximum absolute atomic E-state index is 5.89. The molecule has 0 aliphatic carbocycles. The zero-order chi connectivity index (χ0) is 12.9. The topological polar surface area (TPSA) is 35.2 Å². The molecule has 2 nitrogen and oxygen atoms in total.